The van der Waals surface area contributed by atoms with Crippen LogP contribution in [0.3, 0.4) is 0 Å². The highest BCUT2D eigenvalue weighted by Gasteiger charge is 2.19. The van der Waals surface area contributed by atoms with E-state index in [2.05, 4.69) is 0 Å². The molecule has 4 heteroatoms. The first kappa shape index (κ1) is 11.7. The maximum Gasteiger partial charge on any atom is 0.126 e. The molecule has 0 atom stereocenters. The van der Waals surface area contributed by atoms with E-state index in [1.807, 2.05) is 0 Å². The van der Waals surface area contributed by atoms with Crippen LogP contribution in [0.2, 0.25) is 0 Å². The van der Waals surface area contributed by atoms with Crippen LogP contribution in [0.25, 0.3) is 0 Å². The van der Waals surface area contributed by atoms with Crippen molar-refractivity contribution >= 4 is 11.9 Å². The number of hydrogen-bond donors (Lipinski definition) is 1. The van der Waals surface area contributed by atoms with Crippen LogP contribution in [0.5, 0.6) is 5.75 Å². The smallest absolute Gasteiger partial charge is 0.126 e. The van der Waals surface area contributed by atoms with Crippen molar-refractivity contribution in [1.29, 1.82) is 0 Å². The van der Waals surface area contributed by atoms with E-state index in [-0.39, 0.29) is 5.82 Å². The molecular formula is C12H16FNOS. The summed E-state index contributed by atoms with van der Waals surface area (Å²) in [5, 5.41) is 5.98. The van der Waals surface area contributed by atoms with E-state index in [9.17, 15) is 4.39 Å². The summed E-state index contributed by atoms with van der Waals surface area (Å²) in [5.74, 6) is 0.502. The normalized spacial score (nSPS) is 17.9. The lowest BCUT2D eigenvalue weighted by molar-refractivity contribution is 0.286. The van der Waals surface area contributed by atoms with Gasteiger partial charge in [0.05, 0.1) is 6.61 Å². The highest BCUT2D eigenvalue weighted by atomic mass is 32.2. The van der Waals surface area contributed by atoms with Gasteiger partial charge in [-0.05, 0) is 37.3 Å². The quantitative estimate of drug-likeness (QED) is 0.768. The zero-order valence-electron chi connectivity index (χ0n) is 9.12. The van der Waals surface area contributed by atoms with Crippen molar-refractivity contribution in [3.8, 4) is 5.75 Å². The van der Waals surface area contributed by atoms with Gasteiger partial charge in [0.25, 0.3) is 0 Å². The summed E-state index contributed by atoms with van der Waals surface area (Å²) in [6.45, 7) is 0.719. The predicted octanol–water partition coefficient (Wildman–Crippen LogP) is 2.91. The number of aryl methyl sites for hydroxylation is 1. The Labute approximate surface area is 99.5 Å². The molecule has 1 saturated carbocycles. The van der Waals surface area contributed by atoms with Crippen LogP contribution in [-0.4, -0.2) is 11.9 Å². The molecule has 0 saturated heterocycles. The van der Waals surface area contributed by atoms with E-state index < -0.39 is 0 Å². The van der Waals surface area contributed by atoms with Gasteiger partial charge in [-0.3, -0.25) is 5.14 Å². The molecule has 88 valence electrons. The number of rotatable bonds is 1. The summed E-state index contributed by atoms with van der Waals surface area (Å²) in [4.78, 5) is 0. The molecule has 0 spiro atoms. The SMILES string of the molecule is Fc1ccc2c(c1)OCCC2.NSC1CC1. The fourth-order valence-corrected chi connectivity index (χ4v) is 1.93. The minimum Gasteiger partial charge on any atom is -0.493 e. The number of benzene rings is 1. The van der Waals surface area contributed by atoms with Crippen LogP contribution < -0.4 is 9.88 Å². The van der Waals surface area contributed by atoms with E-state index in [1.54, 1.807) is 6.07 Å². The van der Waals surface area contributed by atoms with Crippen LogP contribution in [0.1, 0.15) is 24.8 Å². The first-order valence-electron chi connectivity index (χ1n) is 5.56. The lowest BCUT2D eigenvalue weighted by Crippen LogP contribution is -2.08. The monoisotopic (exact) mass is 241 g/mol. The van der Waals surface area contributed by atoms with Gasteiger partial charge in [-0.25, -0.2) is 4.39 Å². The Morgan fingerprint density at radius 1 is 1.38 bits per heavy atom. The highest BCUT2D eigenvalue weighted by Crippen LogP contribution is 2.29. The van der Waals surface area contributed by atoms with Crippen LogP contribution in [0, 0.1) is 5.82 Å². The largest absolute Gasteiger partial charge is 0.493 e. The van der Waals surface area contributed by atoms with Crippen molar-refractivity contribution in [3.05, 3.63) is 29.6 Å². The van der Waals surface area contributed by atoms with Crippen LogP contribution in [0.15, 0.2) is 18.2 Å². The van der Waals surface area contributed by atoms with Crippen molar-refractivity contribution in [2.75, 3.05) is 6.61 Å². The summed E-state index contributed by atoms with van der Waals surface area (Å²) < 4.78 is 17.9. The van der Waals surface area contributed by atoms with Crippen LogP contribution in [-0.2, 0) is 6.42 Å². The Balaban J connectivity index is 0.000000162. The number of fused-ring (bicyclic) bond motifs is 1. The zero-order chi connectivity index (χ0) is 11.4. The van der Waals surface area contributed by atoms with Crippen molar-refractivity contribution in [3.63, 3.8) is 0 Å². The van der Waals surface area contributed by atoms with E-state index >= 15 is 0 Å². The molecule has 3 rings (SSSR count). The summed E-state index contributed by atoms with van der Waals surface area (Å²) in [7, 11) is 0. The van der Waals surface area contributed by atoms with Crippen molar-refractivity contribution in [2.24, 2.45) is 5.14 Å². The van der Waals surface area contributed by atoms with Crippen LogP contribution in [0.4, 0.5) is 4.39 Å². The predicted molar refractivity (Wildman–Crippen MR) is 65.0 cm³/mol. The van der Waals surface area contributed by atoms with Gasteiger partial charge in [0.15, 0.2) is 0 Å². The summed E-state index contributed by atoms with van der Waals surface area (Å²) >= 11 is 1.49. The molecule has 1 heterocycles. The Morgan fingerprint density at radius 3 is 2.81 bits per heavy atom. The fourth-order valence-electron chi connectivity index (χ4n) is 1.52. The first-order chi connectivity index (χ1) is 7.79. The molecule has 1 aliphatic carbocycles. The molecule has 1 aromatic carbocycles. The lowest BCUT2D eigenvalue weighted by Gasteiger charge is -2.16. The topological polar surface area (TPSA) is 35.2 Å². The molecule has 2 aliphatic rings. The average Bonchev–Trinajstić information content (AvgIpc) is 3.13. The van der Waals surface area contributed by atoms with Gasteiger partial charge in [0.1, 0.15) is 11.6 Å². The minimum absolute atomic E-state index is 0.217. The molecule has 1 aliphatic heterocycles. The number of halogens is 1. The maximum absolute atomic E-state index is 12.6. The molecule has 0 radical (unpaired) electrons. The van der Waals surface area contributed by atoms with Gasteiger partial charge < -0.3 is 4.74 Å². The number of nitrogens with two attached hydrogens (primary N) is 1. The molecule has 2 N–H and O–H groups in total. The van der Waals surface area contributed by atoms with E-state index in [0.29, 0.717) is 0 Å². The van der Waals surface area contributed by atoms with Gasteiger partial charge in [-0.2, -0.15) is 0 Å². The van der Waals surface area contributed by atoms with Gasteiger partial charge in [0.2, 0.25) is 0 Å². The fraction of sp³-hybridized carbons (Fsp3) is 0.500. The molecule has 1 aromatic rings. The third kappa shape index (κ3) is 3.39. The second-order valence-electron chi connectivity index (χ2n) is 4.04. The minimum atomic E-state index is -0.217. The third-order valence-corrected chi connectivity index (χ3v) is 3.45. The molecule has 16 heavy (non-hydrogen) atoms. The first-order valence-corrected chi connectivity index (χ1v) is 6.50. The second kappa shape index (κ2) is 5.55. The standard InChI is InChI=1S/C9H9FO.C3H7NS/c10-8-4-3-7-2-1-5-11-9(7)6-8;4-5-3-1-2-3/h3-4,6H,1-2,5H2;3H,1-2,4H2. The van der Waals surface area contributed by atoms with Gasteiger partial charge in [-0.15, -0.1) is 0 Å². The summed E-state index contributed by atoms with van der Waals surface area (Å²) in [5.41, 5.74) is 1.12. The molecular weight excluding hydrogens is 225 g/mol. The molecule has 2 nitrogen and oxygen atoms in total. The van der Waals surface area contributed by atoms with Gasteiger partial charge >= 0.3 is 0 Å². The molecule has 0 unspecified atom stereocenters. The Bertz CT molecular complexity index is 355. The lowest BCUT2D eigenvalue weighted by atomic mass is 10.1. The second-order valence-corrected chi connectivity index (χ2v) is 4.98. The number of hydrogen-bond acceptors (Lipinski definition) is 3. The molecule has 0 bridgehead atoms. The van der Waals surface area contributed by atoms with Crippen molar-refractivity contribution in [2.45, 2.75) is 30.9 Å². The Kier molecular flexibility index (Phi) is 4.07. The van der Waals surface area contributed by atoms with Crippen molar-refractivity contribution in [1.82, 2.24) is 0 Å². The van der Waals surface area contributed by atoms with E-state index in [4.69, 9.17) is 9.88 Å². The Morgan fingerprint density at radius 2 is 2.19 bits per heavy atom. The highest BCUT2D eigenvalue weighted by molar-refractivity contribution is 7.97. The maximum atomic E-state index is 12.6. The molecule has 1 fully saturated rings. The van der Waals surface area contributed by atoms with Crippen LogP contribution >= 0.6 is 11.9 Å². The average molecular weight is 241 g/mol. The van der Waals surface area contributed by atoms with E-state index in [0.717, 1.165) is 36.0 Å². The van der Waals surface area contributed by atoms with Crippen molar-refractivity contribution < 1.29 is 9.13 Å². The van der Waals surface area contributed by atoms with E-state index in [1.165, 1.54) is 36.9 Å². The summed E-state index contributed by atoms with van der Waals surface area (Å²) in [6.07, 6.45) is 4.75. The zero-order valence-corrected chi connectivity index (χ0v) is 9.93. The molecule has 0 amide bonds. The Hall–Kier alpha value is -0.740. The third-order valence-electron chi connectivity index (χ3n) is 2.59. The summed E-state index contributed by atoms with van der Waals surface area (Å²) in [6, 6.07) is 4.73. The van der Waals surface area contributed by atoms with Gasteiger partial charge in [0, 0.05) is 11.3 Å². The van der Waals surface area contributed by atoms with Gasteiger partial charge in [-0.1, -0.05) is 18.0 Å². The number of ether oxygens (including phenoxy) is 1. The molecule has 0 aromatic heterocycles.